The van der Waals surface area contributed by atoms with Crippen LogP contribution in [0.25, 0.3) is 0 Å². The van der Waals surface area contributed by atoms with Crippen molar-refractivity contribution in [2.75, 3.05) is 19.0 Å². The number of carbonyl (C=O) groups is 2. The Labute approximate surface area is 148 Å². The van der Waals surface area contributed by atoms with Crippen LogP contribution in [0.15, 0.2) is 42.5 Å². The summed E-state index contributed by atoms with van der Waals surface area (Å²) >= 11 is 0. The molecule has 0 spiro atoms. The number of hydrogen-bond acceptors (Lipinski definition) is 5. The molecule has 0 aliphatic heterocycles. The van der Waals surface area contributed by atoms with Crippen LogP contribution < -0.4 is 14.8 Å². The van der Waals surface area contributed by atoms with Gasteiger partial charge in [0.1, 0.15) is 17.1 Å². The normalized spacial score (nSPS) is 10.3. The van der Waals surface area contributed by atoms with Gasteiger partial charge in [0.05, 0.1) is 12.8 Å². The number of alkyl halides is 2. The lowest BCUT2D eigenvalue weighted by Gasteiger charge is -2.12. The molecule has 0 atom stereocenters. The number of methoxy groups -OCH3 is 1. The van der Waals surface area contributed by atoms with E-state index >= 15 is 0 Å². The van der Waals surface area contributed by atoms with Gasteiger partial charge in [-0.2, -0.15) is 8.78 Å². The zero-order chi connectivity index (χ0) is 19.1. The number of aryl methyl sites for hydroxylation is 1. The molecule has 0 radical (unpaired) electrons. The fraction of sp³-hybridized carbons (Fsp3) is 0.222. The smallest absolute Gasteiger partial charge is 0.387 e. The number of carbonyl (C=O) groups excluding carboxylic acids is 2. The lowest BCUT2D eigenvalue weighted by atomic mass is 10.2. The summed E-state index contributed by atoms with van der Waals surface area (Å²) in [6.45, 7) is -1.84. The number of rotatable bonds is 7. The zero-order valence-electron chi connectivity index (χ0n) is 14.1. The molecule has 0 aromatic heterocycles. The van der Waals surface area contributed by atoms with Gasteiger partial charge >= 0.3 is 12.6 Å². The Morgan fingerprint density at radius 2 is 1.85 bits per heavy atom. The van der Waals surface area contributed by atoms with Crippen LogP contribution in [-0.4, -0.2) is 32.2 Å². The molecule has 8 heteroatoms. The number of benzene rings is 2. The van der Waals surface area contributed by atoms with Crippen LogP contribution in [0, 0.1) is 6.92 Å². The van der Waals surface area contributed by atoms with Crippen LogP contribution in [0.2, 0.25) is 0 Å². The van der Waals surface area contributed by atoms with E-state index in [4.69, 9.17) is 9.47 Å². The second kappa shape index (κ2) is 8.80. The van der Waals surface area contributed by atoms with Gasteiger partial charge in [-0.15, -0.1) is 0 Å². The minimum atomic E-state index is -3.08. The van der Waals surface area contributed by atoms with Gasteiger partial charge in [-0.3, -0.25) is 4.79 Å². The van der Waals surface area contributed by atoms with Crippen LogP contribution in [-0.2, 0) is 9.53 Å². The summed E-state index contributed by atoms with van der Waals surface area (Å²) in [6.07, 6.45) is 0. The van der Waals surface area contributed by atoms with Crippen molar-refractivity contribution in [3.8, 4) is 11.5 Å². The first kappa shape index (κ1) is 19.2. The Hall–Kier alpha value is -3.16. The SMILES string of the molecule is COc1ccc(C)cc1NC(=O)COC(=O)c1ccccc1OC(F)F. The maximum atomic E-state index is 12.4. The first-order chi connectivity index (χ1) is 12.4. The van der Waals surface area contributed by atoms with E-state index in [-0.39, 0.29) is 11.3 Å². The molecule has 26 heavy (non-hydrogen) atoms. The van der Waals surface area contributed by atoms with Gasteiger partial charge in [-0.1, -0.05) is 18.2 Å². The molecule has 0 saturated heterocycles. The van der Waals surface area contributed by atoms with Gasteiger partial charge in [0.15, 0.2) is 6.61 Å². The maximum absolute atomic E-state index is 12.4. The molecule has 2 aromatic carbocycles. The summed E-state index contributed by atoms with van der Waals surface area (Å²) in [5.41, 5.74) is 1.12. The average molecular weight is 365 g/mol. The largest absolute Gasteiger partial charge is 0.495 e. The number of anilines is 1. The molecule has 6 nitrogen and oxygen atoms in total. The van der Waals surface area contributed by atoms with Crippen molar-refractivity contribution in [2.45, 2.75) is 13.5 Å². The van der Waals surface area contributed by atoms with Crippen molar-refractivity contribution < 1.29 is 32.6 Å². The minimum Gasteiger partial charge on any atom is -0.495 e. The quantitative estimate of drug-likeness (QED) is 0.762. The fourth-order valence-electron chi connectivity index (χ4n) is 2.15. The van der Waals surface area contributed by atoms with E-state index in [1.165, 1.54) is 31.4 Å². The summed E-state index contributed by atoms with van der Waals surface area (Å²) < 4.78 is 39.0. The van der Waals surface area contributed by atoms with E-state index in [0.29, 0.717) is 11.4 Å². The predicted molar refractivity (Wildman–Crippen MR) is 89.7 cm³/mol. The van der Waals surface area contributed by atoms with E-state index in [1.807, 2.05) is 13.0 Å². The van der Waals surface area contributed by atoms with Crippen molar-refractivity contribution in [2.24, 2.45) is 0 Å². The average Bonchev–Trinajstić information content (AvgIpc) is 2.60. The molecule has 0 bridgehead atoms. The highest BCUT2D eigenvalue weighted by Crippen LogP contribution is 2.25. The topological polar surface area (TPSA) is 73.9 Å². The third-order valence-electron chi connectivity index (χ3n) is 3.29. The Morgan fingerprint density at radius 3 is 2.54 bits per heavy atom. The molecule has 0 saturated carbocycles. The number of halogens is 2. The van der Waals surface area contributed by atoms with Crippen molar-refractivity contribution in [3.63, 3.8) is 0 Å². The highest BCUT2D eigenvalue weighted by molar-refractivity contribution is 5.97. The standard InChI is InChI=1S/C18H17F2NO5/c1-11-7-8-15(24-2)13(9-11)21-16(22)10-25-17(23)12-5-3-4-6-14(12)26-18(19)20/h3-9,18H,10H2,1-2H3,(H,21,22). The van der Waals surface area contributed by atoms with Crippen molar-refractivity contribution in [3.05, 3.63) is 53.6 Å². The molecule has 0 fully saturated rings. The maximum Gasteiger partial charge on any atom is 0.387 e. The second-order valence-corrected chi connectivity index (χ2v) is 5.20. The lowest BCUT2D eigenvalue weighted by molar-refractivity contribution is -0.119. The first-order valence-corrected chi connectivity index (χ1v) is 7.56. The number of hydrogen-bond donors (Lipinski definition) is 1. The predicted octanol–water partition coefficient (Wildman–Crippen LogP) is 3.40. The number of esters is 1. The molecule has 1 amide bonds. The minimum absolute atomic E-state index is 0.200. The number of nitrogens with one attached hydrogen (secondary N) is 1. The Bertz CT molecular complexity index is 795. The van der Waals surface area contributed by atoms with Gasteiger partial charge in [-0.05, 0) is 36.8 Å². The molecular formula is C18H17F2NO5. The zero-order valence-corrected chi connectivity index (χ0v) is 14.1. The summed E-state index contributed by atoms with van der Waals surface area (Å²) in [4.78, 5) is 24.0. The summed E-state index contributed by atoms with van der Waals surface area (Å²) in [7, 11) is 1.46. The number of para-hydroxylation sites is 1. The first-order valence-electron chi connectivity index (χ1n) is 7.56. The van der Waals surface area contributed by atoms with E-state index in [2.05, 4.69) is 10.1 Å². The van der Waals surface area contributed by atoms with Gasteiger partial charge in [0, 0.05) is 0 Å². The molecule has 1 N–H and O–H groups in total. The monoisotopic (exact) mass is 365 g/mol. The Kier molecular flexibility index (Phi) is 6.48. The highest BCUT2D eigenvalue weighted by Gasteiger charge is 2.18. The highest BCUT2D eigenvalue weighted by atomic mass is 19.3. The van der Waals surface area contributed by atoms with Crippen molar-refractivity contribution >= 4 is 17.6 Å². The molecule has 0 aliphatic carbocycles. The Balaban J connectivity index is 2.00. The van der Waals surface area contributed by atoms with Gasteiger partial charge in [0.25, 0.3) is 5.91 Å². The molecule has 2 aromatic rings. The number of ether oxygens (including phenoxy) is 3. The summed E-state index contributed by atoms with van der Waals surface area (Å²) in [5, 5.41) is 2.56. The molecule has 0 heterocycles. The molecule has 2 rings (SSSR count). The van der Waals surface area contributed by atoms with E-state index < -0.39 is 25.1 Å². The van der Waals surface area contributed by atoms with Crippen molar-refractivity contribution in [1.82, 2.24) is 0 Å². The van der Waals surface area contributed by atoms with Gasteiger partial charge < -0.3 is 19.5 Å². The van der Waals surface area contributed by atoms with Gasteiger partial charge in [-0.25, -0.2) is 4.79 Å². The van der Waals surface area contributed by atoms with Crippen LogP contribution in [0.5, 0.6) is 11.5 Å². The number of amides is 1. The van der Waals surface area contributed by atoms with Crippen LogP contribution in [0.3, 0.4) is 0 Å². The van der Waals surface area contributed by atoms with E-state index in [9.17, 15) is 18.4 Å². The van der Waals surface area contributed by atoms with Crippen LogP contribution in [0.4, 0.5) is 14.5 Å². The van der Waals surface area contributed by atoms with Crippen LogP contribution >= 0.6 is 0 Å². The lowest BCUT2D eigenvalue weighted by Crippen LogP contribution is -2.21. The molecule has 0 aliphatic rings. The molecule has 0 unspecified atom stereocenters. The third kappa shape index (κ3) is 5.17. The fourth-order valence-corrected chi connectivity index (χ4v) is 2.15. The summed E-state index contributed by atoms with van der Waals surface area (Å²) in [5.74, 6) is -1.43. The second-order valence-electron chi connectivity index (χ2n) is 5.20. The molecular weight excluding hydrogens is 348 g/mol. The van der Waals surface area contributed by atoms with E-state index in [0.717, 1.165) is 5.56 Å². The van der Waals surface area contributed by atoms with Crippen LogP contribution in [0.1, 0.15) is 15.9 Å². The molecule has 138 valence electrons. The third-order valence-corrected chi connectivity index (χ3v) is 3.29. The van der Waals surface area contributed by atoms with E-state index in [1.54, 1.807) is 12.1 Å². The van der Waals surface area contributed by atoms with Crippen molar-refractivity contribution in [1.29, 1.82) is 0 Å². The summed E-state index contributed by atoms with van der Waals surface area (Å²) in [6, 6.07) is 10.6. The van der Waals surface area contributed by atoms with Gasteiger partial charge in [0.2, 0.25) is 0 Å². The Morgan fingerprint density at radius 1 is 1.12 bits per heavy atom.